The first-order chi connectivity index (χ1) is 10.4. The standard InChI is InChI=1S/C22H24/c1-13-9-15-19-17(11-13)22(7-5-6-8-22)18-12-14(2)10-16(20(18)19)21(15,3)4/h9-12H,5-8H2,1-4H3. The van der Waals surface area contributed by atoms with E-state index in [1.165, 1.54) is 36.8 Å². The molecule has 0 aliphatic heterocycles. The smallest absolute Gasteiger partial charge is 0.0215 e. The van der Waals surface area contributed by atoms with Gasteiger partial charge in [-0.1, -0.05) is 62.1 Å². The minimum atomic E-state index is 0.159. The summed E-state index contributed by atoms with van der Waals surface area (Å²) in [7, 11) is 0. The van der Waals surface area contributed by atoms with Gasteiger partial charge in [-0.2, -0.15) is 0 Å². The molecule has 0 saturated heterocycles. The van der Waals surface area contributed by atoms with Crippen LogP contribution in [-0.4, -0.2) is 0 Å². The molecule has 1 spiro atoms. The highest BCUT2D eigenvalue weighted by atomic mass is 14.5. The van der Waals surface area contributed by atoms with Crippen LogP contribution in [0.25, 0.3) is 11.1 Å². The monoisotopic (exact) mass is 288 g/mol. The summed E-state index contributed by atoms with van der Waals surface area (Å²) in [6.07, 6.45) is 5.46. The van der Waals surface area contributed by atoms with Gasteiger partial charge in [0, 0.05) is 10.8 Å². The summed E-state index contributed by atoms with van der Waals surface area (Å²) in [5.41, 5.74) is 13.1. The highest BCUT2D eigenvalue weighted by molar-refractivity contribution is 5.92. The molecule has 0 unspecified atom stereocenters. The van der Waals surface area contributed by atoms with Gasteiger partial charge in [0.2, 0.25) is 0 Å². The van der Waals surface area contributed by atoms with Gasteiger partial charge in [0.15, 0.2) is 0 Å². The van der Waals surface area contributed by atoms with Gasteiger partial charge < -0.3 is 0 Å². The molecular weight excluding hydrogens is 264 g/mol. The largest absolute Gasteiger partial charge is 0.0546 e. The number of benzene rings is 2. The fourth-order valence-corrected chi connectivity index (χ4v) is 5.66. The average Bonchev–Trinajstić information content (AvgIpc) is 3.10. The van der Waals surface area contributed by atoms with E-state index < -0.39 is 0 Å². The van der Waals surface area contributed by atoms with Crippen molar-refractivity contribution in [2.45, 2.75) is 64.2 Å². The van der Waals surface area contributed by atoms with E-state index in [1.807, 2.05) is 0 Å². The lowest BCUT2D eigenvalue weighted by Crippen LogP contribution is -2.24. The Morgan fingerprint density at radius 2 is 1.09 bits per heavy atom. The molecule has 0 heteroatoms. The van der Waals surface area contributed by atoms with E-state index in [0.29, 0.717) is 5.41 Å². The van der Waals surface area contributed by atoms with Gasteiger partial charge in [-0.25, -0.2) is 0 Å². The molecule has 0 aromatic heterocycles. The van der Waals surface area contributed by atoms with E-state index in [9.17, 15) is 0 Å². The summed E-state index contributed by atoms with van der Waals surface area (Å²) in [4.78, 5) is 0. The summed E-state index contributed by atoms with van der Waals surface area (Å²) in [5, 5.41) is 0. The molecule has 0 nitrogen and oxygen atoms in total. The zero-order valence-electron chi connectivity index (χ0n) is 14.1. The van der Waals surface area contributed by atoms with Crippen molar-refractivity contribution in [1.29, 1.82) is 0 Å². The minimum absolute atomic E-state index is 0.159. The minimum Gasteiger partial charge on any atom is -0.0546 e. The van der Waals surface area contributed by atoms with Crippen molar-refractivity contribution in [2.75, 3.05) is 0 Å². The SMILES string of the molecule is Cc1cc2c3c(c1)C1(CCCC1)c1cc(C)cc(c1-3)C2(C)C. The molecule has 112 valence electrons. The number of fused-ring (bicyclic) bond motifs is 2. The van der Waals surface area contributed by atoms with E-state index in [4.69, 9.17) is 0 Å². The predicted molar refractivity (Wildman–Crippen MR) is 92.7 cm³/mol. The van der Waals surface area contributed by atoms with Gasteiger partial charge in [-0.3, -0.25) is 0 Å². The zero-order valence-corrected chi connectivity index (χ0v) is 14.1. The highest BCUT2D eigenvalue weighted by Crippen LogP contribution is 2.64. The molecule has 0 amide bonds. The second-order valence-electron chi connectivity index (χ2n) is 8.38. The summed E-state index contributed by atoms with van der Waals surface area (Å²) in [6.45, 7) is 9.39. The van der Waals surface area contributed by atoms with E-state index >= 15 is 0 Å². The third-order valence-electron chi connectivity index (χ3n) is 6.65. The Morgan fingerprint density at radius 1 is 0.682 bits per heavy atom. The Morgan fingerprint density at radius 3 is 1.55 bits per heavy atom. The van der Waals surface area contributed by atoms with Crippen LogP contribution in [0, 0.1) is 13.8 Å². The first-order valence-electron chi connectivity index (χ1n) is 8.77. The maximum absolute atomic E-state index is 2.50. The van der Waals surface area contributed by atoms with Crippen molar-refractivity contribution in [3.8, 4) is 11.1 Å². The molecule has 3 aliphatic carbocycles. The Hall–Kier alpha value is -1.56. The fourth-order valence-electron chi connectivity index (χ4n) is 5.66. The van der Waals surface area contributed by atoms with E-state index in [-0.39, 0.29) is 5.41 Å². The van der Waals surface area contributed by atoms with Gasteiger partial charge in [0.1, 0.15) is 0 Å². The molecular formula is C22H24. The summed E-state index contributed by atoms with van der Waals surface area (Å²) in [5.74, 6) is 0. The first-order valence-corrected chi connectivity index (χ1v) is 8.77. The molecule has 0 bridgehead atoms. The molecule has 1 saturated carbocycles. The number of hydrogen-bond acceptors (Lipinski definition) is 0. The van der Waals surface area contributed by atoms with Gasteiger partial charge in [0.05, 0.1) is 0 Å². The third kappa shape index (κ3) is 1.23. The van der Waals surface area contributed by atoms with Crippen molar-refractivity contribution < 1.29 is 0 Å². The fraction of sp³-hybridized carbons (Fsp3) is 0.455. The van der Waals surface area contributed by atoms with Crippen LogP contribution in [0.15, 0.2) is 24.3 Å². The Kier molecular flexibility index (Phi) is 2.16. The zero-order chi connectivity index (χ0) is 15.3. The van der Waals surface area contributed by atoms with Crippen molar-refractivity contribution in [3.63, 3.8) is 0 Å². The lowest BCUT2D eigenvalue weighted by atomic mass is 9.71. The Labute approximate surface area is 133 Å². The molecule has 2 aromatic rings. The van der Waals surface area contributed by atoms with Gasteiger partial charge in [-0.05, 0) is 60.1 Å². The van der Waals surface area contributed by atoms with Gasteiger partial charge >= 0.3 is 0 Å². The first kappa shape index (κ1) is 12.9. The van der Waals surface area contributed by atoms with Crippen molar-refractivity contribution in [3.05, 3.63) is 57.6 Å². The maximum Gasteiger partial charge on any atom is 0.0215 e. The van der Waals surface area contributed by atoms with Crippen LogP contribution in [0.5, 0.6) is 0 Å². The lowest BCUT2D eigenvalue weighted by molar-refractivity contribution is 0.543. The van der Waals surface area contributed by atoms with Crippen LogP contribution < -0.4 is 0 Å². The van der Waals surface area contributed by atoms with Gasteiger partial charge in [-0.15, -0.1) is 0 Å². The Bertz CT molecular complexity index is 766. The maximum atomic E-state index is 2.50. The van der Waals surface area contributed by atoms with Crippen LogP contribution in [0.4, 0.5) is 0 Å². The average molecular weight is 288 g/mol. The van der Waals surface area contributed by atoms with Crippen LogP contribution in [-0.2, 0) is 10.8 Å². The van der Waals surface area contributed by atoms with Crippen LogP contribution in [0.2, 0.25) is 0 Å². The third-order valence-corrected chi connectivity index (χ3v) is 6.65. The topological polar surface area (TPSA) is 0 Å². The lowest BCUT2D eigenvalue weighted by Gasteiger charge is -2.32. The number of aryl methyl sites for hydroxylation is 2. The summed E-state index contributed by atoms with van der Waals surface area (Å²) < 4.78 is 0. The normalized spacial score (nSPS) is 21.6. The molecule has 0 heterocycles. The molecule has 0 atom stereocenters. The molecule has 0 N–H and O–H groups in total. The van der Waals surface area contributed by atoms with Crippen LogP contribution >= 0.6 is 0 Å². The molecule has 5 rings (SSSR count). The quantitative estimate of drug-likeness (QED) is 0.576. The molecule has 22 heavy (non-hydrogen) atoms. The highest BCUT2D eigenvalue weighted by Gasteiger charge is 2.51. The summed E-state index contributed by atoms with van der Waals surface area (Å²) in [6, 6.07) is 9.91. The van der Waals surface area contributed by atoms with Crippen molar-refractivity contribution >= 4 is 0 Å². The van der Waals surface area contributed by atoms with E-state index in [0.717, 1.165) is 0 Å². The number of hydrogen-bond donors (Lipinski definition) is 0. The van der Waals surface area contributed by atoms with Crippen LogP contribution in [0.1, 0.15) is 72.9 Å². The predicted octanol–water partition coefficient (Wildman–Crippen LogP) is 5.78. The molecule has 0 radical (unpaired) electrons. The van der Waals surface area contributed by atoms with Gasteiger partial charge in [0.25, 0.3) is 0 Å². The van der Waals surface area contributed by atoms with E-state index in [1.54, 1.807) is 33.4 Å². The second kappa shape index (κ2) is 3.67. The molecule has 1 fully saturated rings. The van der Waals surface area contributed by atoms with E-state index in [2.05, 4.69) is 52.0 Å². The Balaban J connectivity index is 1.99. The van der Waals surface area contributed by atoms with Crippen molar-refractivity contribution in [1.82, 2.24) is 0 Å². The van der Waals surface area contributed by atoms with Crippen molar-refractivity contribution in [2.24, 2.45) is 0 Å². The van der Waals surface area contributed by atoms with Crippen LogP contribution in [0.3, 0.4) is 0 Å². The molecule has 3 aliphatic rings. The second-order valence-corrected chi connectivity index (χ2v) is 8.38. The number of rotatable bonds is 0. The molecule has 2 aromatic carbocycles. The summed E-state index contributed by atoms with van der Waals surface area (Å²) >= 11 is 0.